The van der Waals surface area contributed by atoms with E-state index in [1.165, 1.54) is 12.8 Å². The van der Waals surface area contributed by atoms with Crippen LogP contribution in [-0.2, 0) is 4.79 Å². The van der Waals surface area contributed by atoms with Crippen LogP contribution in [0.2, 0.25) is 0 Å². The fourth-order valence-corrected chi connectivity index (χ4v) is 2.00. The van der Waals surface area contributed by atoms with Gasteiger partial charge in [0.1, 0.15) is 0 Å². The zero-order chi connectivity index (χ0) is 11.1. The van der Waals surface area contributed by atoms with Crippen molar-refractivity contribution in [3.63, 3.8) is 0 Å². The maximum atomic E-state index is 11.7. The van der Waals surface area contributed by atoms with Crippen molar-refractivity contribution in [3.8, 4) is 0 Å². The summed E-state index contributed by atoms with van der Waals surface area (Å²) in [7, 11) is 0. The number of hydrogen-bond acceptors (Lipinski definition) is 3. The predicted molar refractivity (Wildman–Crippen MR) is 61.5 cm³/mol. The van der Waals surface area contributed by atoms with Crippen LogP contribution in [0.4, 0.5) is 0 Å². The zero-order valence-corrected chi connectivity index (χ0v) is 9.59. The fraction of sp³-hybridized carbons (Fsp3) is 0.909. The van der Waals surface area contributed by atoms with Crippen molar-refractivity contribution in [1.29, 1.82) is 0 Å². The van der Waals surface area contributed by atoms with E-state index in [9.17, 15) is 4.79 Å². The van der Waals surface area contributed by atoms with E-state index in [-0.39, 0.29) is 11.9 Å². The second kappa shape index (κ2) is 6.80. The molecule has 1 aliphatic heterocycles. The number of carbonyl (C=O) groups is 1. The van der Waals surface area contributed by atoms with Crippen molar-refractivity contribution in [2.24, 2.45) is 11.7 Å². The first-order chi connectivity index (χ1) is 7.27. The molecule has 4 heteroatoms. The summed E-state index contributed by atoms with van der Waals surface area (Å²) < 4.78 is 0. The van der Waals surface area contributed by atoms with Gasteiger partial charge in [-0.05, 0) is 38.3 Å². The molecule has 0 aliphatic carbocycles. The van der Waals surface area contributed by atoms with E-state index in [1.807, 2.05) is 0 Å². The quantitative estimate of drug-likeness (QED) is 0.573. The van der Waals surface area contributed by atoms with Gasteiger partial charge in [0, 0.05) is 6.54 Å². The van der Waals surface area contributed by atoms with Gasteiger partial charge in [0.25, 0.3) is 0 Å². The Labute approximate surface area is 92.0 Å². The van der Waals surface area contributed by atoms with E-state index in [0.717, 1.165) is 19.4 Å². The number of nitrogens with one attached hydrogen (secondary N) is 2. The number of rotatable bonds is 5. The highest BCUT2D eigenvalue weighted by Crippen LogP contribution is 2.19. The van der Waals surface area contributed by atoms with Gasteiger partial charge in [-0.3, -0.25) is 4.79 Å². The summed E-state index contributed by atoms with van der Waals surface area (Å²) in [5.74, 6) is 0.845. The molecule has 1 rings (SSSR count). The van der Waals surface area contributed by atoms with Crippen LogP contribution in [0.1, 0.15) is 32.6 Å². The first-order valence-corrected chi connectivity index (χ1v) is 5.99. The number of carbonyl (C=O) groups excluding carboxylic acids is 1. The molecule has 4 N–H and O–H groups in total. The average molecular weight is 213 g/mol. The average Bonchev–Trinajstić information content (AvgIpc) is 2.29. The smallest absolute Gasteiger partial charge is 0.237 e. The van der Waals surface area contributed by atoms with E-state index in [0.29, 0.717) is 19.0 Å². The Morgan fingerprint density at radius 3 is 3.07 bits per heavy atom. The number of piperidine rings is 1. The Balaban J connectivity index is 2.25. The van der Waals surface area contributed by atoms with Crippen molar-refractivity contribution in [2.45, 2.75) is 38.6 Å². The maximum absolute atomic E-state index is 11.7. The second-order valence-electron chi connectivity index (χ2n) is 4.24. The van der Waals surface area contributed by atoms with Gasteiger partial charge in [0.15, 0.2) is 0 Å². The minimum Gasteiger partial charge on any atom is -0.355 e. The first-order valence-electron chi connectivity index (χ1n) is 5.99. The minimum atomic E-state index is 0.0153. The van der Waals surface area contributed by atoms with E-state index in [2.05, 4.69) is 17.6 Å². The SMILES string of the molecule is CCC1CCNC(C(=O)NCCCN)C1. The van der Waals surface area contributed by atoms with Crippen molar-refractivity contribution < 1.29 is 4.79 Å². The van der Waals surface area contributed by atoms with Gasteiger partial charge in [0.05, 0.1) is 6.04 Å². The minimum absolute atomic E-state index is 0.0153. The molecule has 0 radical (unpaired) electrons. The highest BCUT2D eigenvalue weighted by atomic mass is 16.2. The van der Waals surface area contributed by atoms with E-state index in [1.54, 1.807) is 0 Å². The van der Waals surface area contributed by atoms with Crippen LogP contribution in [0, 0.1) is 5.92 Å². The molecule has 0 aromatic rings. The largest absolute Gasteiger partial charge is 0.355 e. The molecule has 1 heterocycles. The van der Waals surface area contributed by atoms with Crippen LogP contribution in [0.25, 0.3) is 0 Å². The van der Waals surface area contributed by atoms with Crippen LogP contribution < -0.4 is 16.4 Å². The Bertz CT molecular complexity index is 196. The van der Waals surface area contributed by atoms with Crippen molar-refractivity contribution in [1.82, 2.24) is 10.6 Å². The van der Waals surface area contributed by atoms with Crippen LogP contribution >= 0.6 is 0 Å². The normalized spacial score (nSPS) is 26.3. The zero-order valence-electron chi connectivity index (χ0n) is 9.59. The summed E-state index contributed by atoms with van der Waals surface area (Å²) in [5.41, 5.74) is 5.37. The second-order valence-corrected chi connectivity index (χ2v) is 4.24. The fourth-order valence-electron chi connectivity index (χ4n) is 2.00. The van der Waals surface area contributed by atoms with E-state index in [4.69, 9.17) is 5.73 Å². The summed E-state index contributed by atoms with van der Waals surface area (Å²) in [6, 6.07) is 0.0153. The number of nitrogens with two attached hydrogens (primary N) is 1. The van der Waals surface area contributed by atoms with Gasteiger partial charge in [-0.15, -0.1) is 0 Å². The molecule has 2 unspecified atom stereocenters. The molecular weight excluding hydrogens is 190 g/mol. The van der Waals surface area contributed by atoms with Crippen molar-refractivity contribution in [3.05, 3.63) is 0 Å². The lowest BCUT2D eigenvalue weighted by molar-refractivity contribution is -0.124. The van der Waals surface area contributed by atoms with Gasteiger partial charge in [-0.1, -0.05) is 13.3 Å². The third kappa shape index (κ3) is 4.18. The Morgan fingerprint density at radius 2 is 2.40 bits per heavy atom. The molecule has 2 atom stereocenters. The summed E-state index contributed by atoms with van der Waals surface area (Å²) in [4.78, 5) is 11.7. The predicted octanol–water partition coefficient (Wildman–Crippen LogP) is 0.230. The van der Waals surface area contributed by atoms with Crippen LogP contribution in [-0.4, -0.2) is 31.6 Å². The molecule has 4 nitrogen and oxygen atoms in total. The Morgan fingerprint density at radius 1 is 1.60 bits per heavy atom. The molecule has 0 bridgehead atoms. The topological polar surface area (TPSA) is 67.2 Å². The Hall–Kier alpha value is -0.610. The molecule has 0 aromatic carbocycles. The molecule has 1 amide bonds. The van der Waals surface area contributed by atoms with E-state index < -0.39 is 0 Å². The molecular formula is C11H23N3O. The highest BCUT2D eigenvalue weighted by Gasteiger charge is 2.25. The molecule has 0 saturated carbocycles. The van der Waals surface area contributed by atoms with Gasteiger partial charge in [0.2, 0.25) is 5.91 Å². The van der Waals surface area contributed by atoms with E-state index >= 15 is 0 Å². The monoisotopic (exact) mass is 213 g/mol. The molecule has 88 valence electrons. The lowest BCUT2D eigenvalue weighted by Gasteiger charge is -2.28. The van der Waals surface area contributed by atoms with Gasteiger partial charge in [-0.2, -0.15) is 0 Å². The summed E-state index contributed by atoms with van der Waals surface area (Å²) >= 11 is 0. The molecule has 1 fully saturated rings. The number of amides is 1. The third-order valence-corrected chi connectivity index (χ3v) is 3.09. The summed E-state index contributed by atoms with van der Waals surface area (Å²) in [5, 5.41) is 6.18. The standard InChI is InChI=1S/C11H23N3O/c1-2-9-4-7-13-10(8-9)11(15)14-6-3-5-12/h9-10,13H,2-8,12H2,1H3,(H,14,15). The first kappa shape index (κ1) is 12.5. The molecule has 1 saturated heterocycles. The Kier molecular flexibility index (Phi) is 5.65. The summed E-state index contributed by atoms with van der Waals surface area (Å²) in [6.45, 7) is 4.49. The number of hydrogen-bond donors (Lipinski definition) is 3. The molecule has 0 aromatic heterocycles. The van der Waals surface area contributed by atoms with Crippen molar-refractivity contribution >= 4 is 5.91 Å². The van der Waals surface area contributed by atoms with Crippen LogP contribution in [0.5, 0.6) is 0 Å². The van der Waals surface area contributed by atoms with Crippen LogP contribution in [0.3, 0.4) is 0 Å². The summed E-state index contributed by atoms with van der Waals surface area (Å²) in [6.07, 6.45) is 4.21. The lowest BCUT2D eigenvalue weighted by Crippen LogP contribution is -2.49. The molecule has 15 heavy (non-hydrogen) atoms. The lowest BCUT2D eigenvalue weighted by atomic mass is 9.90. The molecule has 1 aliphatic rings. The van der Waals surface area contributed by atoms with Gasteiger partial charge < -0.3 is 16.4 Å². The van der Waals surface area contributed by atoms with Gasteiger partial charge in [-0.25, -0.2) is 0 Å². The third-order valence-electron chi connectivity index (χ3n) is 3.09. The van der Waals surface area contributed by atoms with Crippen molar-refractivity contribution in [2.75, 3.05) is 19.6 Å². The maximum Gasteiger partial charge on any atom is 0.237 e. The van der Waals surface area contributed by atoms with Gasteiger partial charge >= 0.3 is 0 Å². The highest BCUT2D eigenvalue weighted by molar-refractivity contribution is 5.81. The molecule has 0 spiro atoms. The van der Waals surface area contributed by atoms with Crippen LogP contribution in [0.15, 0.2) is 0 Å².